The Labute approximate surface area is 220 Å². The van der Waals surface area contributed by atoms with Crippen molar-refractivity contribution >= 4 is 46.4 Å². The number of ether oxygens (including phenoxy) is 3. The third-order valence-electron chi connectivity index (χ3n) is 7.13. The molecule has 2 aromatic rings. The van der Waals surface area contributed by atoms with Gasteiger partial charge in [0.25, 0.3) is 5.69 Å². The molecule has 10 nitrogen and oxygen atoms in total. The van der Waals surface area contributed by atoms with E-state index in [-0.39, 0.29) is 62.9 Å². The monoisotopic (exact) mass is 546 g/mol. The van der Waals surface area contributed by atoms with Crippen molar-refractivity contribution in [2.75, 3.05) is 14.2 Å². The quantitative estimate of drug-likeness (QED) is 0.338. The van der Waals surface area contributed by atoms with Gasteiger partial charge in [-0.05, 0) is 18.1 Å². The van der Waals surface area contributed by atoms with E-state index in [4.69, 9.17) is 37.4 Å². The number of allylic oxidation sites excluding steroid dienone is 1. The standard InChI is InChI=1S/C25H20Cl2N2O8/c1-10-6-14-19(12(8-18(30)28-14)11-4-5-13(26)15(7-11)29(33)34)23(31)25(10)24(32)20-16(35-2)9-17(36-3)21(27)22(20)37-25/h4-5,7,9-10,12H,6,8H2,1-3H3,(H,28,30)/t10-,12+,25+/m1/s1. The third-order valence-corrected chi connectivity index (χ3v) is 7.81. The maximum absolute atomic E-state index is 14.3. The van der Waals surface area contributed by atoms with Crippen LogP contribution in [0.5, 0.6) is 17.2 Å². The molecular weight excluding hydrogens is 527 g/mol. The van der Waals surface area contributed by atoms with Crippen LogP contribution in [0.3, 0.4) is 0 Å². The van der Waals surface area contributed by atoms with Gasteiger partial charge in [-0.3, -0.25) is 24.5 Å². The SMILES string of the molecule is COc1cc(OC)c2c(c1Cl)O[C@@]1(C(=O)C3=C(C[C@H]1C)NC(=O)C[C@H]3c1ccc(Cl)c([N+](=O)[O-])c1)C2=O. The van der Waals surface area contributed by atoms with E-state index in [1.54, 1.807) is 6.92 Å². The first-order valence-corrected chi connectivity index (χ1v) is 12.0. The molecule has 1 spiro atoms. The fraction of sp³-hybridized carbons (Fsp3) is 0.320. The van der Waals surface area contributed by atoms with Crippen LogP contribution in [0.2, 0.25) is 10.0 Å². The molecule has 2 aromatic carbocycles. The number of fused-ring (bicyclic) bond motifs is 1. The van der Waals surface area contributed by atoms with Crippen LogP contribution in [0, 0.1) is 16.0 Å². The highest BCUT2D eigenvalue weighted by Gasteiger charge is 2.63. The summed E-state index contributed by atoms with van der Waals surface area (Å²) in [7, 11) is 2.76. The maximum Gasteiger partial charge on any atom is 0.288 e. The number of halogens is 2. The summed E-state index contributed by atoms with van der Waals surface area (Å²) in [5, 5.41) is 14.2. The summed E-state index contributed by atoms with van der Waals surface area (Å²) in [6.45, 7) is 1.67. The van der Waals surface area contributed by atoms with Crippen LogP contribution in [0.4, 0.5) is 5.69 Å². The highest BCUT2D eigenvalue weighted by atomic mass is 35.5. The average Bonchev–Trinajstić information content (AvgIpc) is 3.17. The van der Waals surface area contributed by atoms with Crippen molar-refractivity contribution in [3.8, 4) is 17.2 Å². The number of ketones is 2. The lowest BCUT2D eigenvalue weighted by Gasteiger charge is -2.41. The first-order chi connectivity index (χ1) is 17.5. The van der Waals surface area contributed by atoms with Crippen LogP contribution in [0.25, 0.3) is 0 Å². The van der Waals surface area contributed by atoms with Gasteiger partial charge in [0, 0.05) is 41.7 Å². The summed E-state index contributed by atoms with van der Waals surface area (Å²) >= 11 is 12.5. The molecule has 1 amide bonds. The van der Waals surface area contributed by atoms with E-state index < -0.39 is 33.9 Å². The number of hydrogen-bond donors (Lipinski definition) is 1. The minimum absolute atomic E-state index is 0.0186. The lowest BCUT2D eigenvalue weighted by atomic mass is 9.66. The van der Waals surface area contributed by atoms with Crippen molar-refractivity contribution in [2.45, 2.75) is 31.3 Å². The molecule has 0 unspecified atom stereocenters. The molecule has 0 radical (unpaired) electrons. The minimum Gasteiger partial charge on any atom is -0.496 e. The molecule has 0 saturated carbocycles. The van der Waals surface area contributed by atoms with Gasteiger partial charge < -0.3 is 19.5 Å². The van der Waals surface area contributed by atoms with E-state index in [1.165, 1.54) is 38.5 Å². The van der Waals surface area contributed by atoms with Gasteiger partial charge in [0.05, 0.1) is 19.1 Å². The molecule has 37 heavy (non-hydrogen) atoms. The zero-order valence-corrected chi connectivity index (χ0v) is 21.4. The summed E-state index contributed by atoms with van der Waals surface area (Å²) in [6.07, 6.45) is -0.0251. The number of carbonyl (C=O) groups is 3. The number of amides is 1. The van der Waals surface area contributed by atoms with Crippen molar-refractivity contribution in [3.63, 3.8) is 0 Å². The van der Waals surface area contributed by atoms with Gasteiger partial charge in [0.2, 0.25) is 23.1 Å². The molecule has 3 aliphatic rings. The lowest BCUT2D eigenvalue weighted by molar-refractivity contribution is -0.384. The lowest BCUT2D eigenvalue weighted by Crippen LogP contribution is -2.59. The van der Waals surface area contributed by atoms with Gasteiger partial charge in [0.15, 0.2) is 5.75 Å². The number of nitrogens with zero attached hydrogens (tertiary/aromatic N) is 1. The van der Waals surface area contributed by atoms with Crippen LogP contribution in [-0.4, -0.2) is 42.2 Å². The molecule has 1 N–H and O–H groups in total. The number of hydrogen-bond acceptors (Lipinski definition) is 8. The maximum atomic E-state index is 14.3. The molecule has 12 heteroatoms. The third kappa shape index (κ3) is 3.50. The van der Waals surface area contributed by atoms with Crippen LogP contribution in [0.1, 0.15) is 41.6 Å². The predicted molar refractivity (Wildman–Crippen MR) is 132 cm³/mol. The normalized spacial score (nSPS) is 24.4. The topological polar surface area (TPSA) is 134 Å². The van der Waals surface area contributed by atoms with Gasteiger partial charge in [-0.15, -0.1) is 0 Å². The van der Waals surface area contributed by atoms with E-state index in [2.05, 4.69) is 5.32 Å². The smallest absolute Gasteiger partial charge is 0.288 e. The largest absolute Gasteiger partial charge is 0.496 e. The molecule has 5 rings (SSSR count). The first-order valence-electron chi connectivity index (χ1n) is 11.2. The second kappa shape index (κ2) is 8.74. The fourth-order valence-corrected chi connectivity index (χ4v) is 5.81. The summed E-state index contributed by atoms with van der Waals surface area (Å²) < 4.78 is 16.8. The van der Waals surface area contributed by atoms with Crippen molar-refractivity contribution in [1.29, 1.82) is 0 Å². The highest BCUT2D eigenvalue weighted by molar-refractivity contribution is 6.36. The Morgan fingerprint density at radius 2 is 1.78 bits per heavy atom. The molecule has 1 aliphatic carbocycles. The van der Waals surface area contributed by atoms with Gasteiger partial charge >= 0.3 is 0 Å². The second-order valence-corrected chi connectivity index (χ2v) is 9.85. The predicted octanol–water partition coefficient (Wildman–Crippen LogP) is 4.40. The van der Waals surface area contributed by atoms with E-state index in [1.807, 2.05) is 0 Å². The molecule has 0 fully saturated rings. The van der Waals surface area contributed by atoms with Crippen molar-refractivity contribution in [3.05, 3.63) is 66.8 Å². The summed E-state index contributed by atoms with van der Waals surface area (Å²) in [5.74, 6) is -2.85. The van der Waals surface area contributed by atoms with Crippen LogP contribution >= 0.6 is 23.2 Å². The van der Waals surface area contributed by atoms with Gasteiger partial charge in [-0.25, -0.2) is 0 Å². The molecule has 2 heterocycles. The number of nitro groups is 1. The molecule has 2 aliphatic heterocycles. The molecule has 3 atom stereocenters. The van der Waals surface area contributed by atoms with Crippen molar-refractivity contribution < 1.29 is 33.5 Å². The molecule has 0 aromatic heterocycles. The Hall–Kier alpha value is -3.63. The van der Waals surface area contributed by atoms with Crippen molar-refractivity contribution in [2.24, 2.45) is 5.92 Å². The van der Waals surface area contributed by atoms with Crippen molar-refractivity contribution in [1.82, 2.24) is 5.32 Å². The number of carbonyl (C=O) groups excluding carboxylic acids is 3. The Morgan fingerprint density at radius 3 is 2.43 bits per heavy atom. The van der Waals surface area contributed by atoms with Gasteiger partial charge in [-0.1, -0.05) is 36.2 Å². The molecule has 0 bridgehead atoms. The zero-order valence-electron chi connectivity index (χ0n) is 19.8. The van der Waals surface area contributed by atoms with Gasteiger partial charge in [0.1, 0.15) is 27.1 Å². The summed E-state index contributed by atoms with van der Waals surface area (Å²) in [6, 6.07) is 5.56. The Morgan fingerprint density at radius 1 is 1.08 bits per heavy atom. The van der Waals surface area contributed by atoms with E-state index in [9.17, 15) is 24.5 Å². The number of methoxy groups -OCH3 is 2. The Kier molecular flexibility index (Phi) is 5.91. The minimum atomic E-state index is -1.97. The van der Waals surface area contributed by atoms with Crippen LogP contribution in [0.15, 0.2) is 35.5 Å². The van der Waals surface area contributed by atoms with E-state index in [0.29, 0.717) is 11.3 Å². The van der Waals surface area contributed by atoms with Crippen LogP contribution in [-0.2, 0) is 9.59 Å². The summed E-state index contributed by atoms with van der Waals surface area (Å²) in [5.41, 5.74) is -1.46. The number of Topliss-reactive ketones (excluding diaryl/α,β-unsaturated/α-hetero) is 2. The number of rotatable bonds is 4. The fourth-order valence-electron chi connectivity index (χ4n) is 5.36. The molecular formula is C25H20Cl2N2O8. The number of benzene rings is 2. The van der Waals surface area contributed by atoms with E-state index >= 15 is 0 Å². The number of nitrogens with one attached hydrogen (secondary N) is 1. The van der Waals surface area contributed by atoms with Gasteiger partial charge in [-0.2, -0.15) is 0 Å². The zero-order chi connectivity index (χ0) is 26.8. The molecule has 192 valence electrons. The van der Waals surface area contributed by atoms with E-state index in [0.717, 1.165) is 0 Å². The number of nitro benzene ring substituents is 1. The Bertz CT molecular complexity index is 1450. The summed E-state index contributed by atoms with van der Waals surface area (Å²) in [4.78, 5) is 51.7. The van der Waals surface area contributed by atoms with Crippen LogP contribution < -0.4 is 19.5 Å². The second-order valence-electron chi connectivity index (χ2n) is 9.07. The highest BCUT2D eigenvalue weighted by Crippen LogP contribution is 2.55. The molecule has 0 saturated heterocycles. The first kappa shape index (κ1) is 25.0. The Balaban J connectivity index is 1.67. The average molecular weight is 547 g/mol.